The molecule has 0 heterocycles. The number of hydrogen-bond donors (Lipinski definition) is 1. The third-order valence-electron chi connectivity index (χ3n) is 2.77. The third kappa shape index (κ3) is 2.71. The van der Waals surface area contributed by atoms with E-state index in [4.69, 9.17) is 5.73 Å². The quantitative estimate of drug-likeness (QED) is 0.856. The highest BCUT2D eigenvalue weighted by molar-refractivity contribution is 7.98. The molecule has 94 valence electrons. The van der Waals surface area contributed by atoms with Crippen LogP contribution >= 0.6 is 11.8 Å². The summed E-state index contributed by atoms with van der Waals surface area (Å²) >= 11 is 1.62. The molecule has 2 N–H and O–H groups in total. The van der Waals surface area contributed by atoms with Crippen LogP contribution in [-0.4, -0.2) is 6.26 Å². The first-order valence-corrected chi connectivity index (χ1v) is 6.69. The monoisotopic (exact) mass is 265 g/mol. The summed E-state index contributed by atoms with van der Waals surface area (Å²) in [5.74, 6) is -0.972. The predicted octanol–water partition coefficient (Wildman–Crippen LogP) is 3.73. The molecule has 0 fully saturated rings. The number of halogens is 2. The van der Waals surface area contributed by atoms with Crippen LogP contribution < -0.4 is 5.73 Å². The molecule has 2 aromatic carbocycles. The largest absolute Gasteiger partial charge is 0.320 e. The number of thioether (sulfide) groups is 1. The lowest BCUT2D eigenvalue weighted by Crippen LogP contribution is -2.13. The van der Waals surface area contributed by atoms with E-state index in [9.17, 15) is 8.78 Å². The van der Waals surface area contributed by atoms with Gasteiger partial charge in [-0.05, 0) is 42.2 Å². The van der Waals surface area contributed by atoms with Crippen LogP contribution in [0.4, 0.5) is 8.78 Å². The van der Waals surface area contributed by atoms with Gasteiger partial charge < -0.3 is 5.73 Å². The normalized spacial score (nSPS) is 12.4. The van der Waals surface area contributed by atoms with Crippen molar-refractivity contribution in [2.24, 2.45) is 5.73 Å². The molecule has 0 radical (unpaired) electrons. The Morgan fingerprint density at radius 1 is 1.06 bits per heavy atom. The summed E-state index contributed by atoms with van der Waals surface area (Å²) in [5, 5.41) is 0. The SMILES string of the molecule is CSc1ccc(C(N)c2cc(F)ccc2F)cc1. The second kappa shape index (κ2) is 5.50. The van der Waals surface area contributed by atoms with Crippen molar-refractivity contribution in [3.05, 3.63) is 65.2 Å². The van der Waals surface area contributed by atoms with E-state index >= 15 is 0 Å². The molecule has 0 spiro atoms. The van der Waals surface area contributed by atoms with Crippen molar-refractivity contribution in [1.29, 1.82) is 0 Å². The molecule has 2 rings (SSSR count). The van der Waals surface area contributed by atoms with Gasteiger partial charge in [0.25, 0.3) is 0 Å². The van der Waals surface area contributed by atoms with Gasteiger partial charge in [0.05, 0.1) is 6.04 Å². The van der Waals surface area contributed by atoms with Gasteiger partial charge >= 0.3 is 0 Å². The zero-order valence-corrected chi connectivity index (χ0v) is 10.7. The topological polar surface area (TPSA) is 26.0 Å². The number of hydrogen-bond acceptors (Lipinski definition) is 2. The van der Waals surface area contributed by atoms with Crippen LogP contribution in [0.5, 0.6) is 0 Å². The average molecular weight is 265 g/mol. The molecule has 1 atom stereocenters. The molecule has 0 bridgehead atoms. The Morgan fingerprint density at radius 3 is 2.33 bits per heavy atom. The molecule has 0 aliphatic rings. The summed E-state index contributed by atoms with van der Waals surface area (Å²) in [6.45, 7) is 0. The van der Waals surface area contributed by atoms with Crippen LogP contribution in [0, 0.1) is 11.6 Å². The van der Waals surface area contributed by atoms with Crippen LogP contribution in [-0.2, 0) is 0 Å². The van der Waals surface area contributed by atoms with Gasteiger partial charge in [0.1, 0.15) is 11.6 Å². The maximum absolute atomic E-state index is 13.6. The molecule has 0 aromatic heterocycles. The molecule has 4 heteroatoms. The van der Waals surface area contributed by atoms with Crippen molar-refractivity contribution < 1.29 is 8.78 Å². The number of rotatable bonds is 3. The Balaban J connectivity index is 2.34. The van der Waals surface area contributed by atoms with Gasteiger partial charge in [-0.3, -0.25) is 0 Å². The summed E-state index contributed by atoms with van der Waals surface area (Å²) < 4.78 is 26.7. The summed E-state index contributed by atoms with van der Waals surface area (Å²) in [4.78, 5) is 1.10. The first-order valence-electron chi connectivity index (χ1n) is 5.46. The maximum atomic E-state index is 13.6. The van der Waals surface area contributed by atoms with E-state index in [0.29, 0.717) is 0 Å². The van der Waals surface area contributed by atoms with E-state index in [-0.39, 0.29) is 5.56 Å². The molecule has 1 nitrogen and oxygen atoms in total. The third-order valence-corrected chi connectivity index (χ3v) is 3.51. The fraction of sp³-hybridized carbons (Fsp3) is 0.143. The van der Waals surface area contributed by atoms with Gasteiger partial charge in [0.2, 0.25) is 0 Å². The predicted molar refractivity (Wildman–Crippen MR) is 70.6 cm³/mol. The van der Waals surface area contributed by atoms with Gasteiger partial charge in [-0.2, -0.15) is 0 Å². The molecule has 0 aliphatic carbocycles. The molecule has 18 heavy (non-hydrogen) atoms. The zero-order valence-electron chi connectivity index (χ0n) is 9.86. The Kier molecular flexibility index (Phi) is 3.99. The standard InChI is InChI=1S/C14H13F2NS/c1-18-11-5-2-9(3-6-11)14(17)12-8-10(15)4-7-13(12)16/h2-8,14H,17H2,1H3. The first kappa shape index (κ1) is 13.1. The van der Waals surface area contributed by atoms with E-state index < -0.39 is 17.7 Å². The fourth-order valence-corrected chi connectivity index (χ4v) is 2.15. The first-order chi connectivity index (χ1) is 8.61. The maximum Gasteiger partial charge on any atom is 0.128 e. The molecule has 0 amide bonds. The van der Waals surface area contributed by atoms with Crippen LogP contribution in [0.3, 0.4) is 0 Å². The second-order valence-electron chi connectivity index (χ2n) is 3.92. The molecule has 1 unspecified atom stereocenters. The van der Waals surface area contributed by atoms with Crippen molar-refractivity contribution in [3.8, 4) is 0 Å². The lowest BCUT2D eigenvalue weighted by molar-refractivity contribution is 0.576. The Bertz CT molecular complexity index is 540. The van der Waals surface area contributed by atoms with Crippen LogP contribution in [0.1, 0.15) is 17.2 Å². The lowest BCUT2D eigenvalue weighted by atomic mass is 9.99. The summed E-state index contributed by atoms with van der Waals surface area (Å²) in [6, 6.07) is 10.2. The smallest absolute Gasteiger partial charge is 0.128 e. The van der Waals surface area contributed by atoms with Gasteiger partial charge in [0.15, 0.2) is 0 Å². The minimum Gasteiger partial charge on any atom is -0.320 e. The van der Waals surface area contributed by atoms with Gasteiger partial charge in [-0.25, -0.2) is 8.78 Å². The van der Waals surface area contributed by atoms with Gasteiger partial charge in [-0.1, -0.05) is 12.1 Å². The molecular formula is C14H13F2NS. The van der Waals surface area contributed by atoms with Crippen molar-refractivity contribution >= 4 is 11.8 Å². The van der Waals surface area contributed by atoms with Crippen molar-refractivity contribution in [2.75, 3.05) is 6.26 Å². The lowest BCUT2D eigenvalue weighted by Gasteiger charge is -2.14. The van der Waals surface area contributed by atoms with E-state index in [0.717, 1.165) is 28.7 Å². The Morgan fingerprint density at radius 2 is 1.72 bits per heavy atom. The minimum atomic E-state index is -0.656. The summed E-state index contributed by atoms with van der Waals surface area (Å²) in [6.07, 6.45) is 1.97. The van der Waals surface area contributed by atoms with E-state index in [1.54, 1.807) is 11.8 Å². The second-order valence-corrected chi connectivity index (χ2v) is 4.80. The highest BCUT2D eigenvalue weighted by atomic mass is 32.2. The number of nitrogens with two attached hydrogens (primary N) is 1. The Labute approximate surface area is 109 Å². The minimum absolute atomic E-state index is 0.173. The van der Waals surface area contributed by atoms with E-state index in [1.807, 2.05) is 30.5 Å². The fourth-order valence-electron chi connectivity index (χ4n) is 1.74. The molecule has 0 saturated carbocycles. The number of benzene rings is 2. The highest BCUT2D eigenvalue weighted by Crippen LogP contribution is 2.25. The van der Waals surface area contributed by atoms with Gasteiger partial charge in [-0.15, -0.1) is 11.8 Å². The van der Waals surface area contributed by atoms with Crippen LogP contribution in [0.15, 0.2) is 47.4 Å². The van der Waals surface area contributed by atoms with Crippen molar-refractivity contribution in [1.82, 2.24) is 0 Å². The molecular weight excluding hydrogens is 252 g/mol. The molecule has 2 aromatic rings. The molecule has 0 saturated heterocycles. The van der Waals surface area contributed by atoms with Gasteiger partial charge in [0, 0.05) is 10.5 Å². The highest BCUT2D eigenvalue weighted by Gasteiger charge is 2.14. The van der Waals surface area contributed by atoms with Crippen LogP contribution in [0.2, 0.25) is 0 Å². The van der Waals surface area contributed by atoms with Crippen LogP contribution in [0.25, 0.3) is 0 Å². The van der Waals surface area contributed by atoms with E-state index in [2.05, 4.69) is 0 Å². The summed E-state index contributed by atoms with van der Waals surface area (Å²) in [7, 11) is 0. The van der Waals surface area contributed by atoms with Crippen molar-refractivity contribution in [3.63, 3.8) is 0 Å². The Hall–Kier alpha value is -1.39. The molecule has 0 aliphatic heterocycles. The summed E-state index contributed by atoms with van der Waals surface area (Å²) in [5.41, 5.74) is 6.90. The van der Waals surface area contributed by atoms with E-state index in [1.165, 1.54) is 0 Å². The zero-order chi connectivity index (χ0) is 13.1. The average Bonchev–Trinajstić information content (AvgIpc) is 2.41. The van der Waals surface area contributed by atoms with Crippen molar-refractivity contribution in [2.45, 2.75) is 10.9 Å².